The fourth-order valence-corrected chi connectivity index (χ4v) is 4.29. The number of thiazole rings is 1. The van der Waals surface area contributed by atoms with Crippen LogP contribution in [0.15, 0.2) is 57.9 Å². The second kappa shape index (κ2) is 8.14. The highest BCUT2D eigenvalue weighted by Crippen LogP contribution is 2.20. The van der Waals surface area contributed by atoms with E-state index in [1.165, 1.54) is 15.9 Å². The van der Waals surface area contributed by atoms with Crippen molar-refractivity contribution in [1.29, 1.82) is 0 Å². The van der Waals surface area contributed by atoms with Gasteiger partial charge < -0.3 is 9.73 Å². The molecule has 148 valence electrons. The average molecular weight is 427 g/mol. The Morgan fingerprint density at radius 2 is 2.00 bits per heavy atom. The highest BCUT2D eigenvalue weighted by atomic mass is 32.1. The van der Waals surface area contributed by atoms with E-state index in [9.17, 15) is 9.59 Å². The molecule has 1 aromatic carbocycles. The Morgan fingerprint density at radius 1 is 1.21 bits per heavy atom. The maximum atomic E-state index is 13.0. The zero-order chi connectivity index (χ0) is 20.4. The molecular weight excluding hydrogens is 408 g/mol. The SMILES string of the molecule is Cc1nc2c(sc(=S)n2Cc2ccco2)c(=O)n1CC(=O)NCc1ccccc1. The quantitative estimate of drug-likeness (QED) is 0.479. The summed E-state index contributed by atoms with van der Waals surface area (Å²) in [6.07, 6.45) is 1.59. The van der Waals surface area contributed by atoms with Gasteiger partial charge in [0.1, 0.15) is 22.8 Å². The number of benzene rings is 1. The standard InChI is InChI=1S/C20H18N4O3S2/c1-13-22-18-17(29-20(28)24(18)11-15-8-5-9-27-15)19(26)23(13)12-16(25)21-10-14-6-3-2-4-7-14/h2-9H,10-12H2,1H3,(H,21,25). The molecule has 0 radical (unpaired) electrons. The third-order valence-electron chi connectivity index (χ3n) is 4.49. The van der Waals surface area contributed by atoms with Gasteiger partial charge in [-0.3, -0.25) is 18.7 Å². The van der Waals surface area contributed by atoms with Crippen LogP contribution in [0.5, 0.6) is 0 Å². The molecule has 4 aromatic rings. The maximum absolute atomic E-state index is 13.0. The van der Waals surface area contributed by atoms with Crippen molar-refractivity contribution >= 4 is 39.8 Å². The molecule has 9 heteroatoms. The number of rotatable bonds is 6. The second-order valence-electron chi connectivity index (χ2n) is 6.50. The number of furan rings is 1. The van der Waals surface area contributed by atoms with Gasteiger partial charge in [0.05, 0.1) is 12.8 Å². The first-order chi connectivity index (χ1) is 14.0. The number of amides is 1. The van der Waals surface area contributed by atoms with E-state index in [0.29, 0.717) is 33.2 Å². The van der Waals surface area contributed by atoms with E-state index >= 15 is 0 Å². The summed E-state index contributed by atoms with van der Waals surface area (Å²) in [6.45, 7) is 2.42. The van der Waals surface area contributed by atoms with Crippen molar-refractivity contribution in [3.8, 4) is 0 Å². The number of nitrogens with one attached hydrogen (secondary N) is 1. The smallest absolute Gasteiger partial charge is 0.273 e. The first kappa shape index (κ1) is 19.3. The minimum atomic E-state index is -0.267. The van der Waals surface area contributed by atoms with Crippen LogP contribution in [0.3, 0.4) is 0 Å². The van der Waals surface area contributed by atoms with Gasteiger partial charge >= 0.3 is 0 Å². The van der Waals surface area contributed by atoms with E-state index in [0.717, 1.165) is 11.3 Å². The van der Waals surface area contributed by atoms with E-state index in [4.69, 9.17) is 16.6 Å². The maximum Gasteiger partial charge on any atom is 0.273 e. The number of nitrogens with zero attached hydrogens (tertiary/aromatic N) is 3. The lowest BCUT2D eigenvalue weighted by Crippen LogP contribution is -2.33. The second-order valence-corrected chi connectivity index (χ2v) is 8.14. The Balaban J connectivity index is 1.60. The van der Waals surface area contributed by atoms with E-state index in [1.807, 2.05) is 36.4 Å². The van der Waals surface area contributed by atoms with Crippen molar-refractivity contribution in [2.75, 3.05) is 0 Å². The number of hydrogen-bond acceptors (Lipinski definition) is 6. The molecule has 0 atom stereocenters. The molecule has 0 fully saturated rings. The Kier molecular flexibility index (Phi) is 5.41. The number of fused-ring (bicyclic) bond motifs is 1. The zero-order valence-electron chi connectivity index (χ0n) is 15.6. The Labute approximate surface area is 175 Å². The Bertz CT molecular complexity index is 1270. The fraction of sp³-hybridized carbons (Fsp3) is 0.200. The van der Waals surface area contributed by atoms with Crippen LogP contribution in [0, 0.1) is 10.9 Å². The number of aromatic nitrogens is 3. The third kappa shape index (κ3) is 4.06. The van der Waals surface area contributed by atoms with Crippen molar-refractivity contribution in [3.05, 3.63) is 80.2 Å². The lowest BCUT2D eigenvalue weighted by atomic mass is 10.2. The molecule has 1 N–H and O–H groups in total. The molecule has 3 aromatic heterocycles. The summed E-state index contributed by atoms with van der Waals surface area (Å²) in [4.78, 5) is 29.9. The lowest BCUT2D eigenvalue weighted by Gasteiger charge is -2.11. The molecule has 4 rings (SSSR count). The van der Waals surface area contributed by atoms with Gasteiger partial charge in [0, 0.05) is 6.54 Å². The summed E-state index contributed by atoms with van der Waals surface area (Å²) in [7, 11) is 0. The minimum Gasteiger partial charge on any atom is -0.467 e. The van der Waals surface area contributed by atoms with Crippen LogP contribution >= 0.6 is 23.6 Å². The molecule has 3 heterocycles. The summed E-state index contributed by atoms with van der Waals surface area (Å²) in [5.74, 6) is 0.932. The highest BCUT2D eigenvalue weighted by Gasteiger charge is 2.17. The van der Waals surface area contributed by atoms with Gasteiger partial charge in [0.2, 0.25) is 5.91 Å². The number of hydrogen-bond donors (Lipinski definition) is 1. The molecule has 0 aliphatic carbocycles. The van der Waals surface area contributed by atoms with Gasteiger partial charge in [-0.25, -0.2) is 4.98 Å². The van der Waals surface area contributed by atoms with Crippen molar-refractivity contribution in [1.82, 2.24) is 19.4 Å². The number of aryl methyl sites for hydroxylation is 1. The van der Waals surface area contributed by atoms with E-state index in [1.54, 1.807) is 23.8 Å². The summed E-state index contributed by atoms with van der Waals surface area (Å²) >= 11 is 6.62. The van der Waals surface area contributed by atoms with E-state index < -0.39 is 0 Å². The van der Waals surface area contributed by atoms with Crippen LogP contribution in [-0.2, 0) is 24.4 Å². The molecule has 0 aliphatic rings. The van der Waals surface area contributed by atoms with Crippen LogP contribution in [0.2, 0.25) is 0 Å². The van der Waals surface area contributed by atoms with Gasteiger partial charge in [-0.15, -0.1) is 0 Å². The topological polar surface area (TPSA) is 82.1 Å². The molecule has 7 nitrogen and oxygen atoms in total. The van der Waals surface area contributed by atoms with Crippen molar-refractivity contribution in [3.63, 3.8) is 0 Å². The van der Waals surface area contributed by atoms with Crippen LogP contribution in [0.25, 0.3) is 10.3 Å². The number of carbonyl (C=O) groups is 1. The lowest BCUT2D eigenvalue weighted by molar-refractivity contribution is -0.121. The number of carbonyl (C=O) groups excluding carboxylic acids is 1. The Morgan fingerprint density at radius 3 is 2.72 bits per heavy atom. The van der Waals surface area contributed by atoms with Crippen LogP contribution in [0.4, 0.5) is 0 Å². The first-order valence-corrected chi connectivity index (χ1v) is 10.2. The molecule has 0 spiro atoms. The average Bonchev–Trinajstić information content (AvgIpc) is 3.34. The van der Waals surface area contributed by atoms with Crippen molar-refractivity contribution < 1.29 is 9.21 Å². The monoisotopic (exact) mass is 426 g/mol. The first-order valence-electron chi connectivity index (χ1n) is 8.96. The Hall–Kier alpha value is -3.04. The molecule has 0 unspecified atom stereocenters. The highest BCUT2D eigenvalue weighted by molar-refractivity contribution is 7.73. The van der Waals surface area contributed by atoms with E-state index in [2.05, 4.69) is 10.3 Å². The van der Waals surface area contributed by atoms with Gasteiger partial charge in [-0.05, 0) is 36.8 Å². The molecule has 29 heavy (non-hydrogen) atoms. The molecular formula is C20H18N4O3S2. The fourth-order valence-electron chi connectivity index (χ4n) is 3.01. The molecule has 0 aliphatic heterocycles. The summed E-state index contributed by atoms with van der Waals surface area (Å²) in [6, 6.07) is 13.2. The third-order valence-corrected chi connectivity index (χ3v) is 5.92. The predicted molar refractivity (Wildman–Crippen MR) is 114 cm³/mol. The largest absolute Gasteiger partial charge is 0.467 e. The van der Waals surface area contributed by atoms with Gasteiger partial charge in [-0.1, -0.05) is 41.7 Å². The van der Waals surface area contributed by atoms with Crippen LogP contribution in [-0.4, -0.2) is 20.0 Å². The minimum absolute atomic E-state index is 0.0940. The van der Waals surface area contributed by atoms with E-state index in [-0.39, 0.29) is 18.0 Å². The molecule has 1 amide bonds. The van der Waals surface area contributed by atoms with Crippen molar-refractivity contribution in [2.24, 2.45) is 0 Å². The zero-order valence-corrected chi connectivity index (χ0v) is 17.3. The summed E-state index contributed by atoms with van der Waals surface area (Å²) in [5, 5.41) is 2.84. The van der Waals surface area contributed by atoms with Gasteiger partial charge in [0.25, 0.3) is 5.56 Å². The van der Waals surface area contributed by atoms with Gasteiger partial charge in [-0.2, -0.15) is 0 Å². The van der Waals surface area contributed by atoms with Crippen LogP contribution in [0.1, 0.15) is 17.1 Å². The summed E-state index contributed by atoms with van der Waals surface area (Å²) in [5.41, 5.74) is 1.24. The van der Waals surface area contributed by atoms with Crippen LogP contribution < -0.4 is 10.9 Å². The predicted octanol–water partition coefficient (Wildman–Crippen LogP) is 3.26. The molecule has 0 bridgehead atoms. The molecule has 0 saturated heterocycles. The van der Waals surface area contributed by atoms with Crippen molar-refractivity contribution in [2.45, 2.75) is 26.6 Å². The molecule has 0 saturated carbocycles. The summed E-state index contributed by atoms with van der Waals surface area (Å²) < 4.78 is 9.51. The van der Waals surface area contributed by atoms with Gasteiger partial charge in [0.15, 0.2) is 9.60 Å². The normalized spacial score (nSPS) is 11.1.